The molecule has 3 heteroatoms. The van der Waals surface area contributed by atoms with Gasteiger partial charge in [-0.2, -0.15) is 0 Å². The van der Waals surface area contributed by atoms with Crippen molar-refractivity contribution in [2.75, 3.05) is 0 Å². The van der Waals surface area contributed by atoms with Gasteiger partial charge in [-0.15, -0.1) is 0 Å². The molecule has 3 nitrogen and oxygen atoms in total. The Bertz CT molecular complexity index is 499. The zero-order valence-corrected chi connectivity index (χ0v) is 8.73. The van der Waals surface area contributed by atoms with Crippen molar-refractivity contribution in [2.45, 2.75) is 19.9 Å². The second kappa shape index (κ2) is 3.77. The van der Waals surface area contributed by atoms with Gasteiger partial charge in [0.25, 0.3) is 0 Å². The van der Waals surface area contributed by atoms with Crippen molar-refractivity contribution in [1.29, 1.82) is 0 Å². The van der Waals surface area contributed by atoms with E-state index in [0.29, 0.717) is 13.0 Å². The molecule has 2 N–H and O–H groups in total. The molecule has 1 heterocycles. The SMILES string of the molecule is Cc1cccc2c1ccn2CCC(N)=O. The van der Waals surface area contributed by atoms with Crippen molar-refractivity contribution in [3.05, 3.63) is 36.0 Å². The van der Waals surface area contributed by atoms with E-state index in [-0.39, 0.29) is 5.91 Å². The largest absolute Gasteiger partial charge is 0.370 e. The molecule has 0 spiro atoms. The number of carbonyl (C=O) groups is 1. The Kier molecular flexibility index (Phi) is 2.46. The van der Waals surface area contributed by atoms with E-state index in [4.69, 9.17) is 5.73 Å². The lowest BCUT2D eigenvalue weighted by Crippen LogP contribution is -2.13. The first kappa shape index (κ1) is 9.77. The van der Waals surface area contributed by atoms with Crippen LogP contribution < -0.4 is 5.73 Å². The molecule has 0 saturated carbocycles. The van der Waals surface area contributed by atoms with Gasteiger partial charge in [-0.1, -0.05) is 12.1 Å². The Labute approximate surface area is 88.5 Å². The Morgan fingerprint density at radius 3 is 2.93 bits per heavy atom. The molecule has 0 bridgehead atoms. The lowest BCUT2D eigenvalue weighted by atomic mass is 10.1. The summed E-state index contributed by atoms with van der Waals surface area (Å²) >= 11 is 0. The smallest absolute Gasteiger partial charge is 0.219 e. The molecular formula is C12H14N2O. The van der Waals surface area contributed by atoms with Crippen LogP contribution in [0.4, 0.5) is 0 Å². The van der Waals surface area contributed by atoms with Gasteiger partial charge in [0.05, 0.1) is 0 Å². The highest BCUT2D eigenvalue weighted by molar-refractivity contribution is 5.83. The van der Waals surface area contributed by atoms with Gasteiger partial charge in [-0.3, -0.25) is 4.79 Å². The number of nitrogens with two attached hydrogens (primary N) is 1. The quantitative estimate of drug-likeness (QED) is 0.811. The highest BCUT2D eigenvalue weighted by atomic mass is 16.1. The summed E-state index contributed by atoms with van der Waals surface area (Å²) in [4.78, 5) is 10.7. The third-order valence-corrected chi connectivity index (χ3v) is 2.63. The lowest BCUT2D eigenvalue weighted by molar-refractivity contribution is -0.118. The topological polar surface area (TPSA) is 48.0 Å². The van der Waals surface area contributed by atoms with E-state index in [1.165, 1.54) is 10.9 Å². The van der Waals surface area contributed by atoms with E-state index in [9.17, 15) is 4.79 Å². The average molecular weight is 202 g/mol. The van der Waals surface area contributed by atoms with Crippen LogP contribution in [0.25, 0.3) is 10.9 Å². The number of hydrogen-bond acceptors (Lipinski definition) is 1. The maximum atomic E-state index is 10.7. The molecule has 0 saturated heterocycles. The first-order chi connectivity index (χ1) is 7.18. The van der Waals surface area contributed by atoms with Gasteiger partial charge in [-0.05, 0) is 24.6 Å². The maximum Gasteiger partial charge on any atom is 0.219 e. The summed E-state index contributed by atoms with van der Waals surface area (Å²) < 4.78 is 2.06. The summed E-state index contributed by atoms with van der Waals surface area (Å²) in [6.07, 6.45) is 2.39. The molecule has 0 radical (unpaired) electrons. The Morgan fingerprint density at radius 1 is 1.40 bits per heavy atom. The second-order valence-corrected chi connectivity index (χ2v) is 3.73. The fraction of sp³-hybridized carbons (Fsp3) is 0.250. The van der Waals surface area contributed by atoms with Crippen LogP contribution in [0.15, 0.2) is 30.5 Å². The minimum atomic E-state index is -0.260. The molecule has 0 aliphatic heterocycles. The number of nitrogens with zero attached hydrogens (tertiary/aromatic N) is 1. The number of benzene rings is 1. The minimum absolute atomic E-state index is 0.260. The fourth-order valence-electron chi connectivity index (χ4n) is 1.80. The van der Waals surface area contributed by atoms with Crippen molar-refractivity contribution in [3.63, 3.8) is 0 Å². The van der Waals surface area contributed by atoms with Gasteiger partial charge in [0.2, 0.25) is 5.91 Å². The van der Waals surface area contributed by atoms with Crippen LogP contribution in [-0.2, 0) is 11.3 Å². The molecule has 1 aromatic carbocycles. The van der Waals surface area contributed by atoms with Crippen molar-refractivity contribution < 1.29 is 4.79 Å². The second-order valence-electron chi connectivity index (χ2n) is 3.73. The zero-order valence-electron chi connectivity index (χ0n) is 8.73. The number of primary amides is 1. The summed E-state index contributed by atoms with van der Waals surface area (Å²) in [6.45, 7) is 2.74. The van der Waals surface area contributed by atoms with E-state index in [2.05, 4.69) is 29.7 Å². The Hall–Kier alpha value is -1.77. The summed E-state index contributed by atoms with van der Waals surface area (Å²) in [6, 6.07) is 8.24. The Balaban J connectivity index is 2.37. The summed E-state index contributed by atoms with van der Waals surface area (Å²) in [5, 5.41) is 1.24. The van der Waals surface area contributed by atoms with Crippen LogP contribution in [0, 0.1) is 6.92 Å². The fourth-order valence-corrected chi connectivity index (χ4v) is 1.80. The third-order valence-electron chi connectivity index (χ3n) is 2.63. The van der Waals surface area contributed by atoms with Crippen molar-refractivity contribution in [1.82, 2.24) is 4.57 Å². The van der Waals surface area contributed by atoms with Crippen LogP contribution >= 0.6 is 0 Å². The number of rotatable bonds is 3. The van der Waals surface area contributed by atoms with E-state index in [0.717, 1.165) is 5.52 Å². The molecule has 0 fully saturated rings. The third kappa shape index (κ3) is 1.86. The van der Waals surface area contributed by atoms with Gasteiger partial charge < -0.3 is 10.3 Å². The zero-order chi connectivity index (χ0) is 10.8. The molecule has 0 atom stereocenters. The van der Waals surface area contributed by atoms with Crippen LogP contribution in [0.3, 0.4) is 0 Å². The number of aryl methyl sites for hydroxylation is 2. The minimum Gasteiger partial charge on any atom is -0.370 e. The van der Waals surface area contributed by atoms with Gasteiger partial charge in [0.15, 0.2) is 0 Å². The van der Waals surface area contributed by atoms with Gasteiger partial charge in [0.1, 0.15) is 0 Å². The van der Waals surface area contributed by atoms with Crippen LogP contribution in [0.2, 0.25) is 0 Å². The van der Waals surface area contributed by atoms with Crippen molar-refractivity contribution >= 4 is 16.8 Å². The predicted molar refractivity (Wildman–Crippen MR) is 60.5 cm³/mol. The molecule has 0 aliphatic carbocycles. The standard InChI is InChI=1S/C12H14N2O/c1-9-3-2-4-11-10(9)5-7-14(11)8-6-12(13)15/h2-5,7H,6,8H2,1H3,(H2,13,15). The number of carbonyl (C=O) groups excluding carboxylic acids is 1. The molecule has 1 aromatic heterocycles. The number of hydrogen-bond donors (Lipinski definition) is 1. The highest BCUT2D eigenvalue weighted by Gasteiger charge is 2.03. The highest BCUT2D eigenvalue weighted by Crippen LogP contribution is 2.19. The number of aromatic nitrogens is 1. The molecule has 1 amide bonds. The molecular weight excluding hydrogens is 188 g/mol. The molecule has 2 aromatic rings. The normalized spacial score (nSPS) is 10.7. The molecule has 2 rings (SSSR count). The molecule has 15 heavy (non-hydrogen) atoms. The lowest BCUT2D eigenvalue weighted by Gasteiger charge is -2.03. The van der Waals surface area contributed by atoms with Gasteiger partial charge >= 0.3 is 0 Å². The summed E-state index contributed by atoms with van der Waals surface area (Å²) in [5.74, 6) is -0.260. The van der Waals surface area contributed by atoms with E-state index in [1.807, 2.05) is 12.3 Å². The number of amides is 1. The van der Waals surface area contributed by atoms with Crippen LogP contribution in [0.1, 0.15) is 12.0 Å². The van der Waals surface area contributed by atoms with Crippen molar-refractivity contribution in [3.8, 4) is 0 Å². The van der Waals surface area contributed by atoms with Crippen LogP contribution in [0.5, 0.6) is 0 Å². The number of fused-ring (bicyclic) bond motifs is 1. The summed E-state index contributed by atoms with van der Waals surface area (Å²) in [7, 11) is 0. The van der Waals surface area contributed by atoms with Crippen LogP contribution in [-0.4, -0.2) is 10.5 Å². The van der Waals surface area contributed by atoms with E-state index < -0.39 is 0 Å². The van der Waals surface area contributed by atoms with E-state index >= 15 is 0 Å². The van der Waals surface area contributed by atoms with Gasteiger partial charge in [0, 0.05) is 30.1 Å². The van der Waals surface area contributed by atoms with E-state index in [1.54, 1.807) is 0 Å². The molecule has 0 unspecified atom stereocenters. The molecule has 78 valence electrons. The first-order valence-corrected chi connectivity index (χ1v) is 5.01. The monoisotopic (exact) mass is 202 g/mol. The van der Waals surface area contributed by atoms with Crippen molar-refractivity contribution in [2.24, 2.45) is 5.73 Å². The summed E-state index contributed by atoms with van der Waals surface area (Å²) in [5.41, 5.74) is 7.55. The predicted octanol–water partition coefficient (Wildman–Crippen LogP) is 1.83. The molecule has 0 aliphatic rings. The average Bonchev–Trinajstić information content (AvgIpc) is 2.59. The van der Waals surface area contributed by atoms with Gasteiger partial charge in [-0.25, -0.2) is 0 Å². The first-order valence-electron chi connectivity index (χ1n) is 5.01. The Morgan fingerprint density at radius 2 is 2.20 bits per heavy atom. The maximum absolute atomic E-state index is 10.7.